The van der Waals surface area contributed by atoms with E-state index in [0.29, 0.717) is 18.2 Å². The molecule has 0 amide bonds. The van der Waals surface area contributed by atoms with Gasteiger partial charge in [0, 0.05) is 25.2 Å². The Hall–Kier alpha value is -0.930. The smallest absolute Gasteiger partial charge is 0.126 e. The van der Waals surface area contributed by atoms with Gasteiger partial charge in [0.25, 0.3) is 0 Å². The molecule has 1 aromatic carbocycles. The largest absolute Gasteiger partial charge is 0.329 e. The predicted octanol–water partition coefficient (Wildman–Crippen LogP) is 3.25. The van der Waals surface area contributed by atoms with Crippen LogP contribution in [0.15, 0.2) is 18.2 Å². The van der Waals surface area contributed by atoms with Crippen LogP contribution in [-0.2, 0) is 0 Å². The lowest BCUT2D eigenvalue weighted by Crippen LogP contribution is -2.40. The molecule has 2 N–H and O–H groups in total. The van der Waals surface area contributed by atoms with E-state index in [0.717, 1.165) is 18.0 Å². The molecule has 106 valence electrons. The summed E-state index contributed by atoms with van der Waals surface area (Å²) in [6, 6.07) is 6.03. The van der Waals surface area contributed by atoms with E-state index < -0.39 is 0 Å². The van der Waals surface area contributed by atoms with Gasteiger partial charge in [-0.2, -0.15) is 0 Å². The standard InChI is InChI=1S/C16H25FN2/c1-11(2)19(10-13-4-5-13)16(9-18)14-6-7-15(17)12(3)8-14/h6-8,11,13,16H,4-5,9-10,18H2,1-3H3. The molecule has 0 heterocycles. The Morgan fingerprint density at radius 2 is 2.05 bits per heavy atom. The molecule has 3 heteroatoms. The number of hydrogen-bond donors (Lipinski definition) is 1. The lowest BCUT2D eigenvalue weighted by Gasteiger charge is -2.35. The Balaban J connectivity index is 2.21. The molecule has 1 aliphatic carbocycles. The Bertz CT molecular complexity index is 427. The van der Waals surface area contributed by atoms with E-state index in [-0.39, 0.29) is 11.9 Å². The number of benzene rings is 1. The summed E-state index contributed by atoms with van der Waals surface area (Å²) in [7, 11) is 0. The third kappa shape index (κ3) is 3.54. The fourth-order valence-corrected chi connectivity index (χ4v) is 2.63. The highest BCUT2D eigenvalue weighted by Gasteiger charge is 2.29. The van der Waals surface area contributed by atoms with E-state index >= 15 is 0 Å². The number of rotatable bonds is 6. The molecule has 0 bridgehead atoms. The van der Waals surface area contributed by atoms with Crippen molar-refractivity contribution in [3.8, 4) is 0 Å². The van der Waals surface area contributed by atoms with E-state index in [1.807, 2.05) is 19.1 Å². The zero-order valence-electron chi connectivity index (χ0n) is 12.2. The SMILES string of the molecule is Cc1cc(C(CN)N(CC2CC2)C(C)C)ccc1F. The van der Waals surface area contributed by atoms with Crippen molar-refractivity contribution in [1.29, 1.82) is 0 Å². The average molecular weight is 264 g/mol. The number of aryl methyl sites for hydroxylation is 1. The van der Waals surface area contributed by atoms with Crippen LogP contribution < -0.4 is 5.73 Å². The van der Waals surface area contributed by atoms with Crippen molar-refractivity contribution in [3.63, 3.8) is 0 Å². The molecule has 1 saturated carbocycles. The zero-order chi connectivity index (χ0) is 14.0. The van der Waals surface area contributed by atoms with Crippen molar-refractivity contribution in [3.05, 3.63) is 35.1 Å². The molecule has 1 aromatic rings. The summed E-state index contributed by atoms with van der Waals surface area (Å²) in [6.07, 6.45) is 2.67. The van der Waals surface area contributed by atoms with Crippen LogP contribution in [0, 0.1) is 18.7 Å². The third-order valence-corrected chi connectivity index (χ3v) is 4.02. The van der Waals surface area contributed by atoms with Crippen molar-refractivity contribution < 1.29 is 4.39 Å². The van der Waals surface area contributed by atoms with Gasteiger partial charge in [0.05, 0.1) is 0 Å². The Morgan fingerprint density at radius 1 is 1.37 bits per heavy atom. The quantitative estimate of drug-likeness (QED) is 0.854. The molecular formula is C16H25FN2. The minimum absolute atomic E-state index is 0.141. The van der Waals surface area contributed by atoms with Crippen LogP contribution in [0.25, 0.3) is 0 Å². The van der Waals surface area contributed by atoms with Crippen molar-refractivity contribution in [2.75, 3.05) is 13.1 Å². The van der Waals surface area contributed by atoms with E-state index in [2.05, 4.69) is 18.7 Å². The molecule has 0 aromatic heterocycles. The summed E-state index contributed by atoms with van der Waals surface area (Å²) in [5.41, 5.74) is 7.83. The van der Waals surface area contributed by atoms with Crippen LogP contribution in [0.3, 0.4) is 0 Å². The molecule has 0 spiro atoms. The van der Waals surface area contributed by atoms with Crippen LogP contribution >= 0.6 is 0 Å². The first kappa shape index (κ1) is 14.5. The van der Waals surface area contributed by atoms with E-state index in [9.17, 15) is 4.39 Å². The first-order valence-corrected chi connectivity index (χ1v) is 7.24. The second kappa shape index (κ2) is 6.02. The second-order valence-electron chi connectivity index (χ2n) is 5.99. The van der Waals surface area contributed by atoms with Gasteiger partial charge in [-0.05, 0) is 56.7 Å². The lowest BCUT2D eigenvalue weighted by atomic mass is 10.0. The second-order valence-corrected chi connectivity index (χ2v) is 5.99. The Kier molecular flexibility index (Phi) is 4.58. The van der Waals surface area contributed by atoms with E-state index in [1.165, 1.54) is 12.8 Å². The number of halogens is 1. The van der Waals surface area contributed by atoms with Crippen molar-refractivity contribution in [1.82, 2.24) is 4.90 Å². The van der Waals surface area contributed by atoms with Crippen LogP contribution in [-0.4, -0.2) is 24.0 Å². The molecule has 0 saturated heterocycles. The first-order chi connectivity index (χ1) is 9.02. The highest BCUT2D eigenvalue weighted by Crippen LogP contribution is 2.34. The maximum atomic E-state index is 13.4. The average Bonchev–Trinajstić information content (AvgIpc) is 3.17. The molecule has 0 radical (unpaired) electrons. The lowest BCUT2D eigenvalue weighted by molar-refractivity contribution is 0.149. The Morgan fingerprint density at radius 3 is 2.53 bits per heavy atom. The predicted molar refractivity (Wildman–Crippen MR) is 77.5 cm³/mol. The molecule has 0 aliphatic heterocycles. The minimum atomic E-state index is -0.141. The van der Waals surface area contributed by atoms with Gasteiger partial charge in [-0.15, -0.1) is 0 Å². The highest BCUT2D eigenvalue weighted by atomic mass is 19.1. The third-order valence-electron chi connectivity index (χ3n) is 4.02. The van der Waals surface area contributed by atoms with Crippen molar-refractivity contribution in [2.24, 2.45) is 11.7 Å². The minimum Gasteiger partial charge on any atom is -0.329 e. The van der Waals surface area contributed by atoms with Crippen LogP contribution in [0.5, 0.6) is 0 Å². The van der Waals surface area contributed by atoms with Crippen LogP contribution in [0.1, 0.15) is 43.9 Å². The van der Waals surface area contributed by atoms with Gasteiger partial charge >= 0.3 is 0 Å². The van der Waals surface area contributed by atoms with Crippen LogP contribution in [0.2, 0.25) is 0 Å². The number of hydrogen-bond acceptors (Lipinski definition) is 2. The van der Waals surface area contributed by atoms with E-state index in [1.54, 1.807) is 6.07 Å². The van der Waals surface area contributed by atoms with Crippen molar-refractivity contribution >= 4 is 0 Å². The molecular weight excluding hydrogens is 239 g/mol. The molecule has 1 aliphatic rings. The number of nitrogens with two attached hydrogens (primary N) is 1. The summed E-state index contributed by atoms with van der Waals surface area (Å²) in [5.74, 6) is 0.691. The van der Waals surface area contributed by atoms with Gasteiger partial charge < -0.3 is 5.73 Å². The first-order valence-electron chi connectivity index (χ1n) is 7.24. The fourth-order valence-electron chi connectivity index (χ4n) is 2.63. The Labute approximate surface area is 115 Å². The number of nitrogens with zero attached hydrogens (tertiary/aromatic N) is 1. The van der Waals surface area contributed by atoms with Crippen LogP contribution in [0.4, 0.5) is 4.39 Å². The molecule has 2 nitrogen and oxygen atoms in total. The van der Waals surface area contributed by atoms with E-state index in [4.69, 9.17) is 5.73 Å². The van der Waals surface area contributed by atoms with Crippen molar-refractivity contribution in [2.45, 2.75) is 45.7 Å². The molecule has 1 atom stereocenters. The molecule has 2 rings (SSSR count). The molecule has 1 fully saturated rings. The van der Waals surface area contributed by atoms with Gasteiger partial charge in [-0.3, -0.25) is 4.90 Å². The summed E-state index contributed by atoms with van der Waals surface area (Å²) in [5, 5.41) is 0. The van der Waals surface area contributed by atoms with Gasteiger partial charge in [0.15, 0.2) is 0 Å². The molecule has 1 unspecified atom stereocenters. The summed E-state index contributed by atoms with van der Waals surface area (Å²) >= 11 is 0. The summed E-state index contributed by atoms with van der Waals surface area (Å²) in [6.45, 7) is 7.92. The normalized spacial score (nSPS) is 17.2. The highest BCUT2D eigenvalue weighted by molar-refractivity contribution is 5.27. The van der Waals surface area contributed by atoms with Gasteiger partial charge in [-0.25, -0.2) is 4.39 Å². The monoisotopic (exact) mass is 264 g/mol. The van der Waals surface area contributed by atoms with Gasteiger partial charge in [0.2, 0.25) is 0 Å². The maximum absolute atomic E-state index is 13.4. The zero-order valence-corrected chi connectivity index (χ0v) is 12.2. The van der Waals surface area contributed by atoms with Gasteiger partial charge in [-0.1, -0.05) is 12.1 Å². The summed E-state index contributed by atoms with van der Waals surface area (Å²) < 4.78 is 13.4. The van der Waals surface area contributed by atoms with Gasteiger partial charge in [0.1, 0.15) is 5.82 Å². The summed E-state index contributed by atoms with van der Waals surface area (Å²) in [4.78, 5) is 2.46. The topological polar surface area (TPSA) is 29.3 Å². The fraction of sp³-hybridized carbons (Fsp3) is 0.625. The molecule has 19 heavy (non-hydrogen) atoms. The maximum Gasteiger partial charge on any atom is 0.126 e.